The molecule has 0 bridgehead atoms. The van der Waals surface area contributed by atoms with Crippen molar-refractivity contribution >= 4 is 17.5 Å². The smallest absolute Gasteiger partial charge is 0.233 e. The standard InChI is InChI=1S/C12H12N2O2/c13-9-2-1-7-4-12(5-8(7)3-9)6-10(15)14-11(12)16/h1-3H,4-6,13H2,(H,14,15,16). The molecule has 1 aliphatic heterocycles. The first-order chi connectivity index (χ1) is 7.59. The summed E-state index contributed by atoms with van der Waals surface area (Å²) in [6.07, 6.45) is 1.59. The topological polar surface area (TPSA) is 72.2 Å². The lowest BCUT2D eigenvalue weighted by Gasteiger charge is -2.16. The van der Waals surface area contributed by atoms with E-state index in [9.17, 15) is 9.59 Å². The van der Waals surface area contributed by atoms with Crippen LogP contribution in [0.1, 0.15) is 17.5 Å². The molecule has 1 atom stereocenters. The number of carbonyl (C=O) groups is 2. The monoisotopic (exact) mass is 216 g/mol. The van der Waals surface area contributed by atoms with Crippen molar-refractivity contribution in [3.63, 3.8) is 0 Å². The van der Waals surface area contributed by atoms with Crippen LogP contribution in [0.15, 0.2) is 18.2 Å². The quantitative estimate of drug-likeness (QED) is 0.487. The van der Waals surface area contributed by atoms with Crippen molar-refractivity contribution in [1.82, 2.24) is 5.32 Å². The maximum Gasteiger partial charge on any atom is 0.233 e. The Morgan fingerprint density at radius 1 is 1.12 bits per heavy atom. The minimum absolute atomic E-state index is 0.132. The van der Waals surface area contributed by atoms with Crippen LogP contribution in [0.25, 0.3) is 0 Å². The average molecular weight is 216 g/mol. The Balaban J connectivity index is 2.01. The molecule has 0 saturated carbocycles. The molecule has 1 spiro atoms. The SMILES string of the molecule is Nc1ccc2c(c1)CC1(CC(=O)NC1=O)C2. The van der Waals surface area contributed by atoms with Crippen molar-refractivity contribution in [3.8, 4) is 0 Å². The molecule has 3 N–H and O–H groups in total. The van der Waals surface area contributed by atoms with E-state index in [2.05, 4.69) is 5.32 Å². The lowest BCUT2D eigenvalue weighted by molar-refractivity contribution is -0.128. The third kappa shape index (κ3) is 1.16. The first-order valence-electron chi connectivity index (χ1n) is 5.31. The van der Waals surface area contributed by atoms with E-state index in [1.54, 1.807) is 0 Å². The molecule has 1 aliphatic carbocycles. The average Bonchev–Trinajstić information content (AvgIpc) is 2.67. The number of nitrogens with one attached hydrogen (secondary N) is 1. The molecule has 2 amide bonds. The molecule has 4 nitrogen and oxygen atoms in total. The highest BCUT2D eigenvalue weighted by atomic mass is 16.2. The number of nitrogens with two attached hydrogens (primary N) is 1. The second-order valence-corrected chi connectivity index (χ2v) is 4.72. The Hall–Kier alpha value is -1.84. The highest BCUT2D eigenvalue weighted by molar-refractivity contribution is 6.06. The summed E-state index contributed by atoms with van der Waals surface area (Å²) in [5.74, 6) is -0.293. The van der Waals surface area contributed by atoms with E-state index in [1.807, 2.05) is 18.2 Å². The van der Waals surface area contributed by atoms with Gasteiger partial charge in [-0.3, -0.25) is 14.9 Å². The Bertz CT molecular complexity index is 510. The summed E-state index contributed by atoms with van der Waals surface area (Å²) in [5, 5.41) is 2.39. The van der Waals surface area contributed by atoms with E-state index in [1.165, 1.54) is 0 Å². The summed E-state index contributed by atoms with van der Waals surface area (Å²) in [5.41, 5.74) is 8.13. The Labute approximate surface area is 92.8 Å². The first kappa shape index (κ1) is 9.39. The van der Waals surface area contributed by atoms with Crippen LogP contribution in [-0.4, -0.2) is 11.8 Å². The van der Waals surface area contributed by atoms with E-state index < -0.39 is 5.41 Å². The molecule has 1 aromatic rings. The Morgan fingerprint density at radius 2 is 1.88 bits per heavy atom. The molecule has 1 saturated heterocycles. The van der Waals surface area contributed by atoms with Gasteiger partial charge in [-0.1, -0.05) is 6.07 Å². The molecular weight excluding hydrogens is 204 g/mol. The molecule has 16 heavy (non-hydrogen) atoms. The molecule has 0 radical (unpaired) electrons. The fraction of sp³-hybridized carbons (Fsp3) is 0.333. The molecular formula is C12H12N2O2. The number of anilines is 1. The number of imide groups is 1. The predicted octanol–water partition coefficient (Wildman–Crippen LogP) is 0.400. The summed E-state index contributed by atoms with van der Waals surface area (Å²) >= 11 is 0. The Morgan fingerprint density at radius 3 is 2.56 bits per heavy atom. The minimum Gasteiger partial charge on any atom is -0.399 e. The number of carbonyl (C=O) groups excluding carboxylic acids is 2. The van der Waals surface area contributed by atoms with Crippen LogP contribution in [0, 0.1) is 5.41 Å². The third-order valence-corrected chi connectivity index (χ3v) is 3.52. The van der Waals surface area contributed by atoms with Crippen LogP contribution in [0.5, 0.6) is 0 Å². The lowest BCUT2D eigenvalue weighted by Crippen LogP contribution is -2.32. The molecule has 1 unspecified atom stereocenters. The van der Waals surface area contributed by atoms with Gasteiger partial charge in [-0.15, -0.1) is 0 Å². The zero-order chi connectivity index (χ0) is 11.3. The van der Waals surface area contributed by atoms with Gasteiger partial charge in [0.1, 0.15) is 0 Å². The van der Waals surface area contributed by atoms with Gasteiger partial charge in [0.25, 0.3) is 0 Å². The van der Waals surface area contributed by atoms with Gasteiger partial charge in [-0.2, -0.15) is 0 Å². The Kier molecular flexibility index (Phi) is 1.67. The number of amides is 2. The van der Waals surface area contributed by atoms with Crippen LogP contribution in [0.4, 0.5) is 5.69 Å². The van der Waals surface area contributed by atoms with E-state index in [4.69, 9.17) is 5.73 Å². The molecule has 0 aromatic heterocycles. The van der Waals surface area contributed by atoms with Gasteiger partial charge in [0.15, 0.2) is 0 Å². The van der Waals surface area contributed by atoms with Crippen LogP contribution in [0.2, 0.25) is 0 Å². The van der Waals surface area contributed by atoms with Gasteiger partial charge in [-0.05, 0) is 36.1 Å². The molecule has 2 aliphatic rings. The van der Waals surface area contributed by atoms with Crippen LogP contribution in [0.3, 0.4) is 0 Å². The summed E-state index contributed by atoms with van der Waals surface area (Å²) in [6, 6.07) is 5.70. The number of hydrogen-bond acceptors (Lipinski definition) is 3. The normalized spacial score (nSPS) is 27.2. The van der Waals surface area contributed by atoms with Gasteiger partial charge in [0.05, 0.1) is 5.41 Å². The van der Waals surface area contributed by atoms with Gasteiger partial charge in [0.2, 0.25) is 11.8 Å². The minimum atomic E-state index is -0.535. The van der Waals surface area contributed by atoms with Gasteiger partial charge in [-0.25, -0.2) is 0 Å². The second-order valence-electron chi connectivity index (χ2n) is 4.72. The van der Waals surface area contributed by atoms with Crippen LogP contribution >= 0.6 is 0 Å². The van der Waals surface area contributed by atoms with E-state index in [-0.39, 0.29) is 11.8 Å². The van der Waals surface area contributed by atoms with E-state index in [0.717, 1.165) is 11.1 Å². The highest BCUT2D eigenvalue weighted by Gasteiger charge is 2.50. The number of rotatable bonds is 0. The zero-order valence-electron chi connectivity index (χ0n) is 8.75. The van der Waals surface area contributed by atoms with E-state index >= 15 is 0 Å². The van der Waals surface area contributed by atoms with Crippen LogP contribution < -0.4 is 11.1 Å². The third-order valence-electron chi connectivity index (χ3n) is 3.52. The largest absolute Gasteiger partial charge is 0.399 e. The zero-order valence-corrected chi connectivity index (χ0v) is 8.75. The summed E-state index contributed by atoms with van der Waals surface area (Å²) in [7, 11) is 0. The maximum atomic E-state index is 11.8. The summed E-state index contributed by atoms with van der Waals surface area (Å²) < 4.78 is 0. The van der Waals surface area contributed by atoms with E-state index in [0.29, 0.717) is 24.9 Å². The number of hydrogen-bond donors (Lipinski definition) is 2. The predicted molar refractivity (Wildman–Crippen MR) is 58.5 cm³/mol. The number of fused-ring (bicyclic) bond motifs is 1. The second kappa shape index (κ2) is 2.84. The van der Waals surface area contributed by atoms with Crippen LogP contribution in [-0.2, 0) is 22.4 Å². The van der Waals surface area contributed by atoms with Gasteiger partial charge < -0.3 is 5.73 Å². The van der Waals surface area contributed by atoms with Gasteiger partial charge in [0, 0.05) is 12.1 Å². The fourth-order valence-corrected chi connectivity index (χ4v) is 2.75. The van der Waals surface area contributed by atoms with Crippen molar-refractivity contribution in [2.45, 2.75) is 19.3 Å². The molecule has 1 aromatic carbocycles. The van der Waals surface area contributed by atoms with Crippen molar-refractivity contribution in [2.75, 3.05) is 5.73 Å². The number of nitrogen functional groups attached to an aromatic ring is 1. The van der Waals surface area contributed by atoms with Crippen molar-refractivity contribution in [3.05, 3.63) is 29.3 Å². The molecule has 3 rings (SSSR count). The first-order valence-corrected chi connectivity index (χ1v) is 5.31. The summed E-state index contributed by atoms with van der Waals surface area (Å²) in [6.45, 7) is 0. The molecule has 1 fully saturated rings. The number of benzene rings is 1. The van der Waals surface area contributed by atoms with Gasteiger partial charge >= 0.3 is 0 Å². The lowest BCUT2D eigenvalue weighted by atomic mass is 9.83. The fourth-order valence-electron chi connectivity index (χ4n) is 2.75. The van der Waals surface area contributed by atoms with Crippen molar-refractivity contribution < 1.29 is 9.59 Å². The molecule has 82 valence electrons. The summed E-state index contributed by atoms with van der Waals surface area (Å²) in [4.78, 5) is 23.1. The molecule has 4 heteroatoms. The molecule has 1 heterocycles. The highest BCUT2D eigenvalue weighted by Crippen LogP contribution is 2.42. The van der Waals surface area contributed by atoms with Crippen molar-refractivity contribution in [2.24, 2.45) is 5.41 Å². The van der Waals surface area contributed by atoms with Crippen molar-refractivity contribution in [1.29, 1.82) is 0 Å². The maximum absolute atomic E-state index is 11.8.